The van der Waals surface area contributed by atoms with Crippen LogP contribution in [-0.4, -0.2) is 0 Å². The van der Waals surface area contributed by atoms with Crippen molar-refractivity contribution in [3.63, 3.8) is 0 Å². The predicted octanol–water partition coefficient (Wildman–Crippen LogP) is 4.71. The quantitative estimate of drug-likeness (QED) is 0.788. The van der Waals surface area contributed by atoms with Crippen LogP contribution in [0.5, 0.6) is 0 Å². The number of nitrogen functional groups attached to an aromatic ring is 2. The highest BCUT2D eigenvalue weighted by Gasteiger charge is 2.55. The summed E-state index contributed by atoms with van der Waals surface area (Å²) in [6.07, 6.45) is 6.92. The van der Waals surface area contributed by atoms with E-state index in [4.69, 9.17) is 11.5 Å². The summed E-state index contributed by atoms with van der Waals surface area (Å²) in [6, 6.07) is 17.5. The lowest BCUT2D eigenvalue weighted by Gasteiger charge is -2.60. The molecule has 0 heterocycles. The van der Waals surface area contributed by atoms with Crippen LogP contribution in [0.1, 0.15) is 49.1 Å². The fourth-order valence-corrected chi connectivity index (χ4v) is 6.48. The topological polar surface area (TPSA) is 52.0 Å². The van der Waals surface area contributed by atoms with Gasteiger partial charge in [0.25, 0.3) is 0 Å². The maximum Gasteiger partial charge on any atom is 0.0314 e. The summed E-state index contributed by atoms with van der Waals surface area (Å²) < 4.78 is 0. The fraction of sp³-hybridized carbons (Fsp3) is 0.455. The lowest BCUT2D eigenvalue weighted by Crippen LogP contribution is -2.52. The highest BCUT2D eigenvalue weighted by atomic mass is 14.6. The number of anilines is 2. The number of benzene rings is 2. The molecule has 0 radical (unpaired) electrons. The van der Waals surface area contributed by atoms with Crippen LogP contribution in [0.4, 0.5) is 11.4 Å². The van der Waals surface area contributed by atoms with Crippen molar-refractivity contribution in [3.05, 3.63) is 59.7 Å². The summed E-state index contributed by atoms with van der Waals surface area (Å²) in [4.78, 5) is 0. The molecule has 4 bridgehead atoms. The van der Waals surface area contributed by atoms with E-state index in [2.05, 4.69) is 48.5 Å². The SMILES string of the molecule is Nc1ccc(C2C3CC4CC2CC(c2ccc(N)cc2)(C4)C3)cc1. The Morgan fingerprint density at radius 2 is 1.25 bits per heavy atom. The highest BCUT2D eigenvalue weighted by molar-refractivity contribution is 5.44. The van der Waals surface area contributed by atoms with Crippen molar-refractivity contribution in [3.8, 4) is 0 Å². The number of nitrogens with two attached hydrogens (primary N) is 2. The van der Waals surface area contributed by atoms with E-state index < -0.39 is 0 Å². The molecule has 4 fully saturated rings. The van der Waals surface area contributed by atoms with Crippen LogP contribution in [0.15, 0.2) is 48.5 Å². The van der Waals surface area contributed by atoms with Gasteiger partial charge in [0.1, 0.15) is 0 Å². The number of hydrogen-bond donors (Lipinski definition) is 2. The molecule has 2 aromatic rings. The molecule has 0 aliphatic heterocycles. The molecule has 2 unspecified atom stereocenters. The minimum absolute atomic E-state index is 0.411. The van der Waals surface area contributed by atoms with Crippen molar-refractivity contribution >= 4 is 11.4 Å². The Bertz CT molecular complexity index is 731. The first kappa shape index (κ1) is 14.4. The highest BCUT2D eigenvalue weighted by Crippen LogP contribution is 2.65. The van der Waals surface area contributed by atoms with Crippen LogP contribution < -0.4 is 11.5 Å². The van der Waals surface area contributed by atoms with Gasteiger partial charge in [-0.25, -0.2) is 0 Å². The van der Waals surface area contributed by atoms with Gasteiger partial charge >= 0.3 is 0 Å². The lowest BCUT2D eigenvalue weighted by molar-refractivity contribution is -0.0256. The largest absolute Gasteiger partial charge is 0.399 e. The second kappa shape index (κ2) is 5.02. The van der Waals surface area contributed by atoms with E-state index in [1.165, 1.54) is 43.2 Å². The predicted molar refractivity (Wildman–Crippen MR) is 99.7 cm³/mol. The van der Waals surface area contributed by atoms with E-state index in [0.717, 1.165) is 35.0 Å². The monoisotopic (exact) mass is 318 g/mol. The summed E-state index contributed by atoms with van der Waals surface area (Å²) in [6.45, 7) is 0. The summed E-state index contributed by atoms with van der Waals surface area (Å²) in [5, 5.41) is 0. The molecule has 4 aliphatic rings. The third kappa shape index (κ3) is 2.08. The Labute approximate surface area is 144 Å². The second-order valence-corrected chi connectivity index (χ2v) is 8.56. The molecule has 2 nitrogen and oxygen atoms in total. The standard InChI is InChI=1S/C22H26N2/c23-19-5-1-15(2-6-19)21-16-9-14-10-17(21)13-22(11-14,12-16)18-3-7-20(24)8-4-18/h1-8,14,16-17,21H,9-13,23-24H2. The first-order chi connectivity index (χ1) is 11.6. The van der Waals surface area contributed by atoms with Crippen LogP contribution in [0, 0.1) is 17.8 Å². The van der Waals surface area contributed by atoms with Crippen LogP contribution in [0.25, 0.3) is 0 Å². The summed E-state index contributed by atoms with van der Waals surface area (Å²) in [7, 11) is 0. The van der Waals surface area contributed by atoms with E-state index >= 15 is 0 Å². The van der Waals surface area contributed by atoms with Gasteiger partial charge in [0.2, 0.25) is 0 Å². The van der Waals surface area contributed by atoms with E-state index in [0.29, 0.717) is 5.41 Å². The average Bonchev–Trinajstić information content (AvgIpc) is 2.56. The van der Waals surface area contributed by atoms with Gasteiger partial charge in [0, 0.05) is 11.4 Å². The fourth-order valence-electron chi connectivity index (χ4n) is 6.48. The molecular formula is C22H26N2. The Balaban J connectivity index is 1.50. The molecule has 2 heteroatoms. The van der Waals surface area contributed by atoms with Gasteiger partial charge in [0.05, 0.1) is 0 Å². The van der Waals surface area contributed by atoms with Crippen molar-refractivity contribution in [1.82, 2.24) is 0 Å². The van der Waals surface area contributed by atoms with Crippen molar-refractivity contribution < 1.29 is 0 Å². The van der Waals surface area contributed by atoms with Crippen LogP contribution >= 0.6 is 0 Å². The molecule has 0 spiro atoms. The van der Waals surface area contributed by atoms with Gasteiger partial charge in [-0.15, -0.1) is 0 Å². The van der Waals surface area contributed by atoms with E-state index in [1.54, 1.807) is 0 Å². The summed E-state index contributed by atoms with van der Waals surface area (Å²) >= 11 is 0. The molecule has 124 valence electrons. The van der Waals surface area contributed by atoms with Crippen LogP contribution in [0.2, 0.25) is 0 Å². The van der Waals surface area contributed by atoms with Crippen molar-refractivity contribution in [2.75, 3.05) is 11.5 Å². The van der Waals surface area contributed by atoms with E-state index in [9.17, 15) is 0 Å². The van der Waals surface area contributed by atoms with Crippen LogP contribution in [0.3, 0.4) is 0 Å². The molecule has 4 N–H and O–H groups in total. The molecule has 6 rings (SSSR count). The Kier molecular flexibility index (Phi) is 3.01. The number of rotatable bonds is 2. The lowest BCUT2D eigenvalue weighted by atomic mass is 9.44. The summed E-state index contributed by atoms with van der Waals surface area (Å²) in [5.74, 6) is 3.32. The zero-order valence-electron chi connectivity index (χ0n) is 14.1. The van der Waals surface area contributed by atoms with E-state index in [1.807, 2.05) is 0 Å². The zero-order valence-corrected chi connectivity index (χ0v) is 14.1. The van der Waals surface area contributed by atoms with Crippen LogP contribution in [-0.2, 0) is 5.41 Å². The molecule has 24 heavy (non-hydrogen) atoms. The maximum atomic E-state index is 5.92. The smallest absolute Gasteiger partial charge is 0.0314 e. The zero-order chi connectivity index (χ0) is 16.3. The molecular weight excluding hydrogens is 292 g/mol. The van der Waals surface area contributed by atoms with Crippen molar-refractivity contribution in [2.45, 2.75) is 43.4 Å². The molecule has 2 atom stereocenters. The van der Waals surface area contributed by atoms with Gasteiger partial charge in [-0.2, -0.15) is 0 Å². The molecule has 2 aromatic carbocycles. The first-order valence-electron chi connectivity index (χ1n) is 9.34. The molecule has 0 aromatic heterocycles. The van der Waals surface area contributed by atoms with Gasteiger partial charge < -0.3 is 11.5 Å². The first-order valence-corrected chi connectivity index (χ1v) is 9.34. The van der Waals surface area contributed by atoms with Gasteiger partial charge in [-0.05, 0) is 96.6 Å². The normalized spacial score (nSPS) is 36.8. The minimum Gasteiger partial charge on any atom is -0.399 e. The molecule has 0 amide bonds. The number of hydrogen-bond acceptors (Lipinski definition) is 2. The third-order valence-corrected chi connectivity index (χ3v) is 7.12. The molecule has 0 saturated heterocycles. The van der Waals surface area contributed by atoms with Crippen molar-refractivity contribution in [2.24, 2.45) is 17.8 Å². The van der Waals surface area contributed by atoms with E-state index in [-0.39, 0.29) is 0 Å². The van der Waals surface area contributed by atoms with Gasteiger partial charge in [-0.1, -0.05) is 24.3 Å². The minimum atomic E-state index is 0.411. The second-order valence-electron chi connectivity index (χ2n) is 8.56. The average molecular weight is 318 g/mol. The maximum absolute atomic E-state index is 5.92. The Morgan fingerprint density at radius 3 is 1.83 bits per heavy atom. The molecule has 4 aliphatic carbocycles. The van der Waals surface area contributed by atoms with Gasteiger partial charge in [-0.3, -0.25) is 0 Å². The van der Waals surface area contributed by atoms with Gasteiger partial charge in [0.15, 0.2) is 0 Å². The Hall–Kier alpha value is -1.96. The summed E-state index contributed by atoms with van der Waals surface area (Å²) in [5.41, 5.74) is 17.0. The Morgan fingerprint density at radius 1 is 0.708 bits per heavy atom. The third-order valence-electron chi connectivity index (χ3n) is 7.12. The molecule has 4 saturated carbocycles. The van der Waals surface area contributed by atoms with Crippen molar-refractivity contribution in [1.29, 1.82) is 0 Å².